The summed E-state index contributed by atoms with van der Waals surface area (Å²) in [7, 11) is 0. The molecule has 0 aliphatic heterocycles. The van der Waals surface area contributed by atoms with E-state index in [9.17, 15) is 14.9 Å². The molecule has 0 aliphatic carbocycles. The summed E-state index contributed by atoms with van der Waals surface area (Å²) >= 11 is 0. The SMILES string of the molecule is CCCCOC(=O)NCCc1cccc([N+](=O)[O-])c1. The van der Waals surface area contributed by atoms with Crippen LogP contribution in [-0.2, 0) is 11.2 Å². The molecular weight excluding hydrogens is 248 g/mol. The molecule has 0 saturated heterocycles. The third-order valence-electron chi connectivity index (χ3n) is 2.54. The predicted molar refractivity (Wildman–Crippen MR) is 71.1 cm³/mol. The smallest absolute Gasteiger partial charge is 0.407 e. The van der Waals surface area contributed by atoms with Crippen LogP contribution in [0.25, 0.3) is 0 Å². The number of nitrogens with zero attached hydrogens (tertiary/aromatic N) is 1. The van der Waals surface area contributed by atoms with Crippen molar-refractivity contribution in [3.8, 4) is 0 Å². The monoisotopic (exact) mass is 266 g/mol. The molecule has 1 N–H and O–H groups in total. The molecule has 1 amide bonds. The average Bonchev–Trinajstić information content (AvgIpc) is 2.39. The zero-order chi connectivity index (χ0) is 14.1. The Labute approximate surface area is 111 Å². The predicted octanol–water partition coefficient (Wildman–Crippen LogP) is 2.66. The van der Waals surface area contributed by atoms with E-state index in [1.807, 2.05) is 6.92 Å². The Morgan fingerprint density at radius 2 is 2.26 bits per heavy atom. The third kappa shape index (κ3) is 5.85. The maximum absolute atomic E-state index is 11.2. The summed E-state index contributed by atoms with van der Waals surface area (Å²) in [4.78, 5) is 21.4. The largest absolute Gasteiger partial charge is 0.450 e. The van der Waals surface area contributed by atoms with Crippen molar-refractivity contribution in [1.29, 1.82) is 0 Å². The minimum atomic E-state index is -0.445. The number of ether oxygens (including phenoxy) is 1. The van der Waals surface area contributed by atoms with Gasteiger partial charge in [0.25, 0.3) is 5.69 Å². The molecule has 0 bridgehead atoms. The fourth-order valence-electron chi connectivity index (χ4n) is 1.49. The number of alkyl carbamates (subject to hydrolysis) is 1. The number of benzene rings is 1. The molecule has 104 valence electrons. The van der Waals surface area contributed by atoms with Crippen molar-refractivity contribution in [2.75, 3.05) is 13.2 Å². The van der Waals surface area contributed by atoms with Crippen molar-refractivity contribution in [3.63, 3.8) is 0 Å². The van der Waals surface area contributed by atoms with Gasteiger partial charge in [-0.15, -0.1) is 0 Å². The standard InChI is InChI=1S/C13H18N2O4/c1-2-3-9-19-13(16)14-8-7-11-5-4-6-12(10-11)15(17)18/h4-6,10H,2-3,7-9H2,1H3,(H,14,16). The molecule has 1 rings (SSSR count). The third-order valence-corrected chi connectivity index (χ3v) is 2.54. The second-order valence-electron chi connectivity index (χ2n) is 4.09. The highest BCUT2D eigenvalue weighted by Gasteiger charge is 2.06. The van der Waals surface area contributed by atoms with Crippen LogP contribution in [0.15, 0.2) is 24.3 Å². The molecule has 19 heavy (non-hydrogen) atoms. The van der Waals surface area contributed by atoms with Gasteiger partial charge in [-0.2, -0.15) is 0 Å². The molecule has 1 aromatic carbocycles. The fraction of sp³-hybridized carbons (Fsp3) is 0.462. The molecule has 0 spiro atoms. The number of nitro benzene ring substituents is 1. The van der Waals surface area contributed by atoms with Gasteiger partial charge in [0.1, 0.15) is 0 Å². The van der Waals surface area contributed by atoms with Crippen molar-refractivity contribution in [1.82, 2.24) is 5.32 Å². The highest BCUT2D eigenvalue weighted by Crippen LogP contribution is 2.13. The van der Waals surface area contributed by atoms with Crippen molar-refractivity contribution < 1.29 is 14.5 Å². The van der Waals surface area contributed by atoms with Crippen LogP contribution >= 0.6 is 0 Å². The molecule has 0 fully saturated rings. The van der Waals surface area contributed by atoms with Crippen molar-refractivity contribution in [2.24, 2.45) is 0 Å². The molecule has 0 aromatic heterocycles. The lowest BCUT2D eigenvalue weighted by atomic mass is 10.1. The lowest BCUT2D eigenvalue weighted by molar-refractivity contribution is -0.384. The summed E-state index contributed by atoms with van der Waals surface area (Å²) in [6.45, 7) is 2.83. The first-order valence-corrected chi connectivity index (χ1v) is 6.27. The molecule has 6 heteroatoms. The number of rotatable bonds is 7. The molecule has 6 nitrogen and oxygen atoms in total. The fourth-order valence-corrected chi connectivity index (χ4v) is 1.49. The van der Waals surface area contributed by atoms with Gasteiger partial charge in [-0.25, -0.2) is 4.79 Å². The molecular formula is C13H18N2O4. The van der Waals surface area contributed by atoms with Crippen LogP contribution in [-0.4, -0.2) is 24.2 Å². The van der Waals surface area contributed by atoms with Crippen LogP contribution in [0.1, 0.15) is 25.3 Å². The lowest BCUT2D eigenvalue weighted by Gasteiger charge is -2.06. The van der Waals surface area contributed by atoms with E-state index in [0.717, 1.165) is 18.4 Å². The van der Waals surface area contributed by atoms with E-state index >= 15 is 0 Å². The van der Waals surface area contributed by atoms with Gasteiger partial charge in [-0.3, -0.25) is 10.1 Å². The van der Waals surface area contributed by atoms with E-state index in [1.165, 1.54) is 12.1 Å². The van der Waals surface area contributed by atoms with Gasteiger partial charge in [0, 0.05) is 18.7 Å². The number of amides is 1. The van der Waals surface area contributed by atoms with E-state index in [0.29, 0.717) is 19.6 Å². The summed E-state index contributed by atoms with van der Waals surface area (Å²) in [5, 5.41) is 13.2. The van der Waals surface area contributed by atoms with Gasteiger partial charge >= 0.3 is 6.09 Å². The highest BCUT2D eigenvalue weighted by molar-refractivity contribution is 5.67. The molecule has 0 atom stereocenters. The minimum absolute atomic E-state index is 0.0584. The van der Waals surface area contributed by atoms with Gasteiger partial charge in [-0.05, 0) is 18.4 Å². The summed E-state index contributed by atoms with van der Waals surface area (Å²) in [6.07, 6.45) is 1.91. The minimum Gasteiger partial charge on any atom is -0.450 e. The van der Waals surface area contributed by atoms with Crippen LogP contribution in [0, 0.1) is 10.1 Å². The normalized spacial score (nSPS) is 9.95. The average molecular weight is 266 g/mol. The Bertz CT molecular complexity index is 434. The zero-order valence-electron chi connectivity index (χ0n) is 10.9. The molecule has 0 saturated carbocycles. The van der Waals surface area contributed by atoms with Crippen LogP contribution in [0.3, 0.4) is 0 Å². The number of hydrogen-bond acceptors (Lipinski definition) is 4. The van der Waals surface area contributed by atoms with Crippen LogP contribution in [0.2, 0.25) is 0 Å². The topological polar surface area (TPSA) is 81.5 Å². The van der Waals surface area contributed by atoms with Gasteiger partial charge in [-0.1, -0.05) is 25.5 Å². The Balaban J connectivity index is 2.31. The van der Waals surface area contributed by atoms with E-state index in [1.54, 1.807) is 12.1 Å². The molecule has 1 aromatic rings. The number of nitrogens with one attached hydrogen (secondary N) is 1. The number of carbonyl (C=O) groups excluding carboxylic acids is 1. The number of non-ortho nitro benzene ring substituents is 1. The summed E-state index contributed by atoms with van der Waals surface area (Å²) in [5.74, 6) is 0. The second kappa shape index (κ2) is 8.07. The van der Waals surface area contributed by atoms with Crippen LogP contribution < -0.4 is 5.32 Å². The first-order valence-electron chi connectivity index (χ1n) is 6.27. The van der Waals surface area contributed by atoms with Crippen LogP contribution in [0.5, 0.6) is 0 Å². The van der Waals surface area contributed by atoms with Crippen LogP contribution in [0.4, 0.5) is 10.5 Å². The Morgan fingerprint density at radius 3 is 2.95 bits per heavy atom. The second-order valence-corrected chi connectivity index (χ2v) is 4.09. The summed E-state index contributed by atoms with van der Waals surface area (Å²) in [5.41, 5.74) is 0.867. The first kappa shape index (κ1) is 14.9. The number of carbonyl (C=O) groups is 1. The van der Waals surface area contributed by atoms with E-state index < -0.39 is 11.0 Å². The van der Waals surface area contributed by atoms with E-state index in [-0.39, 0.29) is 5.69 Å². The molecule has 0 heterocycles. The molecule has 0 aliphatic rings. The van der Waals surface area contributed by atoms with Gasteiger partial charge in [0.15, 0.2) is 0 Å². The van der Waals surface area contributed by atoms with Gasteiger partial charge < -0.3 is 10.1 Å². The van der Waals surface area contributed by atoms with Crippen molar-refractivity contribution >= 4 is 11.8 Å². The molecule has 0 unspecified atom stereocenters. The van der Waals surface area contributed by atoms with E-state index in [2.05, 4.69) is 5.32 Å². The summed E-state index contributed by atoms with van der Waals surface area (Å²) in [6, 6.07) is 6.37. The maximum Gasteiger partial charge on any atom is 0.407 e. The Hall–Kier alpha value is -2.11. The Morgan fingerprint density at radius 1 is 1.47 bits per heavy atom. The Kier molecular flexibility index (Phi) is 6.35. The number of unbranched alkanes of at least 4 members (excludes halogenated alkanes) is 1. The quantitative estimate of drug-likeness (QED) is 0.467. The molecule has 0 radical (unpaired) electrons. The van der Waals surface area contributed by atoms with Crippen molar-refractivity contribution in [3.05, 3.63) is 39.9 Å². The zero-order valence-corrected chi connectivity index (χ0v) is 10.9. The highest BCUT2D eigenvalue weighted by atomic mass is 16.6. The summed E-state index contributed by atoms with van der Waals surface area (Å²) < 4.78 is 4.92. The van der Waals surface area contributed by atoms with Gasteiger partial charge in [0.2, 0.25) is 0 Å². The lowest BCUT2D eigenvalue weighted by Crippen LogP contribution is -2.26. The first-order chi connectivity index (χ1) is 9.13. The maximum atomic E-state index is 11.2. The van der Waals surface area contributed by atoms with Crippen molar-refractivity contribution in [2.45, 2.75) is 26.2 Å². The number of hydrogen-bond donors (Lipinski definition) is 1. The van der Waals surface area contributed by atoms with Gasteiger partial charge in [0.05, 0.1) is 11.5 Å². The number of nitro groups is 1. The van der Waals surface area contributed by atoms with E-state index in [4.69, 9.17) is 4.74 Å².